The van der Waals surface area contributed by atoms with Gasteiger partial charge < -0.3 is 20.4 Å². The van der Waals surface area contributed by atoms with Crippen molar-refractivity contribution in [3.8, 4) is 0 Å². The minimum atomic E-state index is -2.10. The number of aliphatic hydroxyl groups is 3. The van der Waals surface area contributed by atoms with Crippen LogP contribution < -0.4 is 0 Å². The van der Waals surface area contributed by atoms with E-state index in [4.69, 9.17) is 20.4 Å². The van der Waals surface area contributed by atoms with Crippen molar-refractivity contribution in [3.63, 3.8) is 0 Å². The van der Waals surface area contributed by atoms with Crippen LogP contribution in [0.5, 0.6) is 0 Å². The van der Waals surface area contributed by atoms with Crippen molar-refractivity contribution in [2.75, 3.05) is 6.61 Å². The molecule has 70 valence electrons. The zero-order valence-corrected chi connectivity index (χ0v) is 6.47. The Bertz CT molecular complexity index is 177. The average molecular weight is 176 g/mol. The maximum atomic E-state index is 10.6. The maximum Gasteiger partial charge on any atom is 0.317 e. The van der Waals surface area contributed by atoms with Crippen molar-refractivity contribution in [2.45, 2.75) is 12.7 Å². The summed E-state index contributed by atoms with van der Waals surface area (Å²) in [5, 5.41) is 34.8. The average Bonchev–Trinajstić information content (AvgIpc) is 1.98. The number of hydrogen-bond donors (Lipinski definition) is 4. The SMILES string of the molecule is C=CCC(CO)(C(=O)O)C(O)O. The summed E-state index contributed by atoms with van der Waals surface area (Å²) in [6, 6.07) is 0. The Morgan fingerprint density at radius 3 is 2.17 bits per heavy atom. The molecule has 0 spiro atoms. The third-order valence-electron chi connectivity index (χ3n) is 1.71. The molecule has 1 unspecified atom stereocenters. The summed E-state index contributed by atoms with van der Waals surface area (Å²) in [7, 11) is 0. The molecule has 0 radical (unpaired) electrons. The number of allylic oxidation sites excluding steroid dienone is 1. The standard InChI is InChI=1S/C7H12O5/c1-2-3-7(4-8,5(9)10)6(11)12/h2,5,8-10H,1,3-4H2,(H,11,12). The Labute approximate surface area is 69.6 Å². The fraction of sp³-hybridized carbons (Fsp3) is 0.571. The van der Waals surface area contributed by atoms with Gasteiger partial charge in [-0.05, 0) is 6.42 Å². The van der Waals surface area contributed by atoms with E-state index in [0.717, 1.165) is 0 Å². The summed E-state index contributed by atoms with van der Waals surface area (Å²) >= 11 is 0. The highest BCUT2D eigenvalue weighted by Gasteiger charge is 2.43. The van der Waals surface area contributed by atoms with Crippen LogP contribution in [0.3, 0.4) is 0 Å². The second-order valence-corrected chi connectivity index (χ2v) is 2.49. The van der Waals surface area contributed by atoms with Crippen LogP contribution in [0.4, 0.5) is 0 Å². The lowest BCUT2D eigenvalue weighted by atomic mass is 9.85. The predicted molar refractivity (Wildman–Crippen MR) is 40.2 cm³/mol. The summed E-state index contributed by atoms with van der Waals surface area (Å²) < 4.78 is 0. The van der Waals surface area contributed by atoms with Crippen molar-refractivity contribution < 1.29 is 25.2 Å². The van der Waals surface area contributed by atoms with Crippen LogP contribution in [-0.2, 0) is 4.79 Å². The lowest BCUT2D eigenvalue weighted by molar-refractivity contribution is -0.187. The Morgan fingerprint density at radius 1 is 1.58 bits per heavy atom. The Balaban J connectivity index is 4.74. The van der Waals surface area contributed by atoms with Crippen molar-refractivity contribution in [1.82, 2.24) is 0 Å². The van der Waals surface area contributed by atoms with Gasteiger partial charge in [-0.1, -0.05) is 6.08 Å². The molecule has 0 heterocycles. The van der Waals surface area contributed by atoms with Gasteiger partial charge in [0, 0.05) is 0 Å². The molecule has 0 saturated heterocycles. The fourth-order valence-corrected chi connectivity index (χ4v) is 0.775. The predicted octanol–water partition coefficient (Wildman–Crippen LogP) is -1.06. The van der Waals surface area contributed by atoms with Gasteiger partial charge in [-0.15, -0.1) is 6.58 Å². The second kappa shape index (κ2) is 4.20. The van der Waals surface area contributed by atoms with Crippen LogP contribution in [0.25, 0.3) is 0 Å². The van der Waals surface area contributed by atoms with Crippen LogP contribution >= 0.6 is 0 Å². The molecule has 0 fully saturated rings. The molecule has 0 aromatic heterocycles. The summed E-state index contributed by atoms with van der Waals surface area (Å²) in [4.78, 5) is 10.6. The molecule has 1 atom stereocenters. The first kappa shape index (κ1) is 11.1. The number of hydrogen-bond acceptors (Lipinski definition) is 4. The van der Waals surface area contributed by atoms with Crippen molar-refractivity contribution in [3.05, 3.63) is 12.7 Å². The van der Waals surface area contributed by atoms with Crippen LogP contribution in [0.15, 0.2) is 12.7 Å². The van der Waals surface area contributed by atoms with Gasteiger partial charge in [-0.3, -0.25) is 4.79 Å². The number of rotatable bonds is 5. The number of carboxylic acids is 1. The summed E-state index contributed by atoms with van der Waals surface area (Å²) in [5.41, 5.74) is -1.94. The minimum absolute atomic E-state index is 0.198. The molecule has 0 aliphatic rings. The Hall–Kier alpha value is -0.910. The first-order valence-corrected chi connectivity index (χ1v) is 3.32. The zero-order chi connectivity index (χ0) is 9.78. The maximum absolute atomic E-state index is 10.6. The van der Waals surface area contributed by atoms with E-state index < -0.39 is 24.3 Å². The molecule has 0 aromatic carbocycles. The molecule has 0 aromatic rings. The lowest BCUT2D eigenvalue weighted by Gasteiger charge is -2.27. The van der Waals surface area contributed by atoms with Gasteiger partial charge in [-0.25, -0.2) is 0 Å². The summed E-state index contributed by atoms with van der Waals surface area (Å²) in [6.45, 7) is 2.42. The first-order valence-electron chi connectivity index (χ1n) is 3.32. The van der Waals surface area contributed by atoms with E-state index >= 15 is 0 Å². The highest BCUT2D eigenvalue weighted by atomic mass is 16.5. The van der Waals surface area contributed by atoms with E-state index in [0.29, 0.717) is 0 Å². The molecular formula is C7H12O5. The van der Waals surface area contributed by atoms with E-state index in [1.165, 1.54) is 6.08 Å². The van der Waals surface area contributed by atoms with Crippen LogP contribution in [-0.4, -0.2) is 39.3 Å². The monoisotopic (exact) mass is 176 g/mol. The number of carboxylic acid groups (broad SMARTS) is 1. The largest absolute Gasteiger partial charge is 0.481 e. The number of aliphatic hydroxyl groups excluding tert-OH is 2. The molecule has 0 bridgehead atoms. The number of carbonyl (C=O) groups is 1. The van der Waals surface area contributed by atoms with Gasteiger partial charge >= 0.3 is 5.97 Å². The van der Waals surface area contributed by atoms with Crippen LogP contribution in [0.1, 0.15) is 6.42 Å². The van der Waals surface area contributed by atoms with E-state index in [1.807, 2.05) is 0 Å². The normalized spacial score (nSPS) is 15.7. The van der Waals surface area contributed by atoms with Gasteiger partial charge in [-0.2, -0.15) is 0 Å². The van der Waals surface area contributed by atoms with E-state index in [9.17, 15) is 4.79 Å². The third-order valence-corrected chi connectivity index (χ3v) is 1.71. The third kappa shape index (κ3) is 1.82. The van der Waals surface area contributed by atoms with E-state index in [1.54, 1.807) is 0 Å². The van der Waals surface area contributed by atoms with Crippen LogP contribution in [0.2, 0.25) is 0 Å². The molecule has 0 aliphatic heterocycles. The molecule has 0 rings (SSSR count). The molecule has 0 amide bonds. The molecule has 5 nitrogen and oxygen atoms in total. The molecule has 4 N–H and O–H groups in total. The second-order valence-electron chi connectivity index (χ2n) is 2.49. The van der Waals surface area contributed by atoms with Gasteiger partial charge in [0.15, 0.2) is 6.29 Å². The van der Waals surface area contributed by atoms with Gasteiger partial charge in [0.05, 0.1) is 6.61 Å². The Morgan fingerprint density at radius 2 is 2.08 bits per heavy atom. The minimum Gasteiger partial charge on any atom is -0.481 e. The molecule has 0 aliphatic carbocycles. The zero-order valence-electron chi connectivity index (χ0n) is 6.47. The highest BCUT2D eigenvalue weighted by molar-refractivity contribution is 5.75. The fourth-order valence-electron chi connectivity index (χ4n) is 0.775. The smallest absolute Gasteiger partial charge is 0.317 e. The topological polar surface area (TPSA) is 98.0 Å². The molecule has 12 heavy (non-hydrogen) atoms. The van der Waals surface area contributed by atoms with Crippen molar-refractivity contribution >= 4 is 5.97 Å². The van der Waals surface area contributed by atoms with Gasteiger partial charge in [0.1, 0.15) is 5.41 Å². The lowest BCUT2D eigenvalue weighted by Crippen LogP contribution is -2.45. The first-order chi connectivity index (χ1) is 5.51. The quantitative estimate of drug-likeness (QED) is 0.316. The van der Waals surface area contributed by atoms with Crippen molar-refractivity contribution in [1.29, 1.82) is 0 Å². The van der Waals surface area contributed by atoms with Gasteiger partial charge in [0.25, 0.3) is 0 Å². The van der Waals surface area contributed by atoms with Crippen molar-refractivity contribution in [2.24, 2.45) is 5.41 Å². The van der Waals surface area contributed by atoms with E-state index in [-0.39, 0.29) is 6.42 Å². The molecule has 0 saturated carbocycles. The Kier molecular flexibility index (Phi) is 3.88. The summed E-state index contributed by atoms with van der Waals surface area (Å²) in [5.74, 6) is -1.46. The van der Waals surface area contributed by atoms with Gasteiger partial charge in [0.2, 0.25) is 0 Å². The number of aliphatic carboxylic acids is 1. The van der Waals surface area contributed by atoms with Crippen LogP contribution in [0, 0.1) is 5.41 Å². The molecule has 5 heteroatoms. The van der Waals surface area contributed by atoms with E-state index in [2.05, 4.69) is 6.58 Å². The highest BCUT2D eigenvalue weighted by Crippen LogP contribution is 2.25. The molecular weight excluding hydrogens is 164 g/mol. The summed E-state index contributed by atoms with van der Waals surface area (Å²) in [6.07, 6.45) is -1.08.